The number of hydrogen-bond donors (Lipinski definition) is 3. The molecule has 0 aromatic heterocycles. The maximum Gasteiger partial charge on any atom is 0.514 e. The van der Waals surface area contributed by atoms with Crippen LogP contribution in [0.3, 0.4) is 0 Å². The van der Waals surface area contributed by atoms with Crippen LogP contribution in [0.5, 0.6) is 5.75 Å². The fourth-order valence-electron chi connectivity index (χ4n) is 1.70. The number of amides is 1. The molecule has 1 aromatic carbocycles. The summed E-state index contributed by atoms with van der Waals surface area (Å²) >= 11 is 0. The lowest BCUT2D eigenvalue weighted by Crippen LogP contribution is -2.42. The molecular formula is C15H21N3O5. The summed E-state index contributed by atoms with van der Waals surface area (Å²) in [7, 11) is 0. The summed E-state index contributed by atoms with van der Waals surface area (Å²) in [6.07, 6.45) is 0.00624. The summed E-state index contributed by atoms with van der Waals surface area (Å²) in [6, 6.07) is 5.94. The highest BCUT2D eigenvalue weighted by Gasteiger charge is 2.18. The zero-order chi connectivity index (χ0) is 17.5. The number of nitrogens with one attached hydrogen (secondary N) is 1. The Bertz CT molecular complexity index is 563. The van der Waals surface area contributed by atoms with Gasteiger partial charge in [0.05, 0.1) is 6.04 Å². The number of ether oxygens (including phenoxy) is 2. The SMILES string of the molecule is CC(C)(C)OC(=O)Oc1ccc(CC(NC=O)/C(N)=N/O)cc1. The van der Waals surface area contributed by atoms with Crippen LogP contribution >= 0.6 is 0 Å². The molecule has 0 saturated heterocycles. The second-order valence-corrected chi connectivity index (χ2v) is 5.78. The molecule has 1 rings (SSSR count). The number of benzene rings is 1. The maximum atomic E-state index is 11.6. The Balaban J connectivity index is 2.69. The summed E-state index contributed by atoms with van der Waals surface area (Å²) in [6.45, 7) is 5.22. The molecule has 1 aromatic rings. The number of carbonyl (C=O) groups excluding carboxylic acids is 2. The van der Waals surface area contributed by atoms with Crippen molar-refractivity contribution in [2.75, 3.05) is 0 Å². The largest absolute Gasteiger partial charge is 0.514 e. The highest BCUT2D eigenvalue weighted by atomic mass is 16.7. The molecular weight excluding hydrogens is 302 g/mol. The zero-order valence-electron chi connectivity index (χ0n) is 13.3. The van der Waals surface area contributed by atoms with Crippen LogP contribution in [0.15, 0.2) is 29.4 Å². The number of hydrogen-bond acceptors (Lipinski definition) is 6. The van der Waals surface area contributed by atoms with Gasteiger partial charge in [-0.05, 0) is 44.9 Å². The summed E-state index contributed by atoms with van der Waals surface area (Å²) < 4.78 is 10.1. The first kappa shape index (κ1) is 18.3. The Hall–Kier alpha value is -2.77. The lowest BCUT2D eigenvalue weighted by molar-refractivity contribution is -0.109. The van der Waals surface area contributed by atoms with Crippen molar-refractivity contribution in [1.82, 2.24) is 5.32 Å². The van der Waals surface area contributed by atoms with E-state index in [1.54, 1.807) is 45.0 Å². The van der Waals surface area contributed by atoms with Crippen LogP contribution in [-0.2, 0) is 16.0 Å². The first-order valence-electron chi connectivity index (χ1n) is 6.92. The highest BCUT2D eigenvalue weighted by molar-refractivity contribution is 5.87. The van der Waals surface area contributed by atoms with E-state index in [0.29, 0.717) is 18.6 Å². The van der Waals surface area contributed by atoms with E-state index in [4.69, 9.17) is 20.4 Å². The van der Waals surface area contributed by atoms with Crippen LogP contribution in [0.4, 0.5) is 4.79 Å². The molecule has 0 aliphatic heterocycles. The molecule has 8 heteroatoms. The van der Waals surface area contributed by atoms with Gasteiger partial charge in [0.15, 0.2) is 5.84 Å². The van der Waals surface area contributed by atoms with Crippen molar-refractivity contribution in [3.8, 4) is 5.75 Å². The molecule has 0 bridgehead atoms. The van der Waals surface area contributed by atoms with Crippen molar-refractivity contribution in [2.24, 2.45) is 10.9 Å². The quantitative estimate of drug-likeness (QED) is 0.138. The van der Waals surface area contributed by atoms with Gasteiger partial charge in [0.1, 0.15) is 11.4 Å². The topological polar surface area (TPSA) is 123 Å². The van der Waals surface area contributed by atoms with E-state index in [2.05, 4.69) is 10.5 Å². The van der Waals surface area contributed by atoms with Gasteiger partial charge in [-0.2, -0.15) is 0 Å². The van der Waals surface area contributed by atoms with Gasteiger partial charge < -0.3 is 25.7 Å². The van der Waals surface area contributed by atoms with Crippen molar-refractivity contribution in [1.29, 1.82) is 0 Å². The Morgan fingerprint density at radius 1 is 1.39 bits per heavy atom. The van der Waals surface area contributed by atoms with Gasteiger partial charge in [-0.25, -0.2) is 4.79 Å². The molecule has 1 amide bonds. The Morgan fingerprint density at radius 3 is 2.48 bits per heavy atom. The molecule has 4 N–H and O–H groups in total. The number of amidine groups is 1. The van der Waals surface area contributed by atoms with Crippen molar-refractivity contribution < 1.29 is 24.3 Å². The highest BCUT2D eigenvalue weighted by Crippen LogP contribution is 2.16. The minimum absolute atomic E-state index is 0.105. The predicted octanol–water partition coefficient (Wildman–Crippen LogP) is 1.40. The lowest BCUT2D eigenvalue weighted by atomic mass is 10.1. The Kier molecular flexibility index (Phi) is 6.37. The third kappa shape index (κ3) is 6.68. The lowest BCUT2D eigenvalue weighted by Gasteiger charge is -2.18. The van der Waals surface area contributed by atoms with Gasteiger partial charge in [0, 0.05) is 0 Å². The number of carbonyl (C=O) groups is 2. The summed E-state index contributed by atoms with van der Waals surface area (Å²) in [5.74, 6) is 0.220. The minimum Gasteiger partial charge on any atom is -0.428 e. The Morgan fingerprint density at radius 2 is 2.00 bits per heavy atom. The van der Waals surface area contributed by atoms with E-state index in [9.17, 15) is 9.59 Å². The van der Waals surface area contributed by atoms with Gasteiger partial charge in [0.2, 0.25) is 6.41 Å². The molecule has 23 heavy (non-hydrogen) atoms. The first-order valence-corrected chi connectivity index (χ1v) is 6.92. The summed E-state index contributed by atoms with van der Waals surface area (Å²) in [5, 5.41) is 14.0. The van der Waals surface area contributed by atoms with E-state index in [1.807, 2.05) is 0 Å². The predicted molar refractivity (Wildman–Crippen MR) is 83.4 cm³/mol. The minimum atomic E-state index is -0.789. The van der Waals surface area contributed by atoms with Gasteiger partial charge in [-0.15, -0.1) is 0 Å². The van der Waals surface area contributed by atoms with Gasteiger partial charge in [0.25, 0.3) is 0 Å². The smallest absolute Gasteiger partial charge is 0.428 e. The summed E-state index contributed by atoms with van der Waals surface area (Å²) in [5.41, 5.74) is 5.66. The molecule has 0 saturated carbocycles. The standard InChI is InChI=1S/C15H21N3O5/c1-15(2,3)23-14(20)22-11-6-4-10(5-7-11)8-12(17-9-19)13(16)18-21/h4-7,9,12,21H,8H2,1-3H3,(H2,16,18)(H,17,19). The second kappa shape index (κ2) is 8.02. The van der Waals surface area contributed by atoms with Crippen molar-refractivity contribution in [3.63, 3.8) is 0 Å². The van der Waals surface area contributed by atoms with Gasteiger partial charge in [-0.3, -0.25) is 4.79 Å². The summed E-state index contributed by atoms with van der Waals surface area (Å²) in [4.78, 5) is 22.1. The van der Waals surface area contributed by atoms with Crippen LogP contribution in [0.1, 0.15) is 26.3 Å². The molecule has 1 unspecified atom stereocenters. The van der Waals surface area contributed by atoms with Crippen molar-refractivity contribution >= 4 is 18.4 Å². The zero-order valence-corrected chi connectivity index (χ0v) is 13.3. The van der Waals surface area contributed by atoms with Crippen LogP contribution in [-0.4, -0.2) is 35.3 Å². The van der Waals surface area contributed by atoms with Crippen molar-refractivity contribution in [2.45, 2.75) is 38.8 Å². The van der Waals surface area contributed by atoms with Crippen molar-refractivity contribution in [3.05, 3.63) is 29.8 Å². The molecule has 0 fully saturated rings. The molecule has 0 radical (unpaired) electrons. The normalized spacial score (nSPS) is 13.1. The molecule has 1 atom stereocenters. The number of nitrogens with zero attached hydrogens (tertiary/aromatic N) is 1. The van der Waals surface area contributed by atoms with Gasteiger partial charge in [-0.1, -0.05) is 17.3 Å². The van der Waals surface area contributed by atoms with Gasteiger partial charge >= 0.3 is 6.16 Å². The van der Waals surface area contributed by atoms with Crippen LogP contribution in [0.2, 0.25) is 0 Å². The molecule has 0 heterocycles. The van der Waals surface area contributed by atoms with Crippen LogP contribution in [0, 0.1) is 0 Å². The molecule has 0 aliphatic rings. The number of nitrogens with two attached hydrogens (primary N) is 1. The average Bonchev–Trinajstić information content (AvgIpc) is 2.46. The molecule has 8 nitrogen and oxygen atoms in total. The number of rotatable bonds is 6. The van der Waals surface area contributed by atoms with E-state index in [0.717, 1.165) is 5.56 Å². The fourth-order valence-corrected chi connectivity index (χ4v) is 1.70. The first-order chi connectivity index (χ1) is 10.7. The molecule has 0 spiro atoms. The third-order valence-electron chi connectivity index (χ3n) is 2.70. The average molecular weight is 323 g/mol. The molecule has 0 aliphatic carbocycles. The Labute approximate surface area is 134 Å². The second-order valence-electron chi connectivity index (χ2n) is 5.78. The van der Waals surface area contributed by atoms with E-state index in [-0.39, 0.29) is 5.84 Å². The van der Waals surface area contributed by atoms with E-state index in [1.165, 1.54) is 0 Å². The maximum absolute atomic E-state index is 11.6. The monoisotopic (exact) mass is 323 g/mol. The van der Waals surface area contributed by atoms with E-state index < -0.39 is 17.8 Å². The fraction of sp³-hybridized carbons (Fsp3) is 0.400. The van der Waals surface area contributed by atoms with Crippen LogP contribution < -0.4 is 15.8 Å². The molecule has 126 valence electrons. The third-order valence-corrected chi connectivity index (χ3v) is 2.70. The van der Waals surface area contributed by atoms with E-state index >= 15 is 0 Å². The number of oxime groups is 1. The van der Waals surface area contributed by atoms with Crippen LogP contribution in [0.25, 0.3) is 0 Å².